The van der Waals surface area contributed by atoms with Crippen molar-refractivity contribution < 1.29 is 9.18 Å². The quantitative estimate of drug-likeness (QED) is 0.712. The zero-order chi connectivity index (χ0) is 18.0. The summed E-state index contributed by atoms with van der Waals surface area (Å²) in [7, 11) is 0. The molecule has 0 spiro atoms. The topological polar surface area (TPSA) is 53.2 Å². The fourth-order valence-electron chi connectivity index (χ4n) is 2.68. The highest BCUT2D eigenvalue weighted by atomic mass is 35.5. The summed E-state index contributed by atoms with van der Waals surface area (Å²) in [5.74, 6) is -0.921. The van der Waals surface area contributed by atoms with E-state index in [4.69, 9.17) is 23.8 Å². The Morgan fingerprint density at radius 1 is 1.24 bits per heavy atom. The van der Waals surface area contributed by atoms with Crippen LogP contribution in [0, 0.1) is 5.82 Å². The maximum Gasteiger partial charge on any atom is 0.255 e. The number of rotatable bonds is 3. The third-order valence-electron chi connectivity index (χ3n) is 3.82. The molecular weight excluding hydrogens is 361 g/mol. The molecule has 0 fully saturated rings. The molecule has 0 aromatic heterocycles. The number of benzene rings is 2. The third kappa shape index (κ3) is 3.81. The van der Waals surface area contributed by atoms with E-state index < -0.39 is 17.8 Å². The van der Waals surface area contributed by atoms with Crippen molar-refractivity contribution in [2.24, 2.45) is 0 Å². The first-order valence-corrected chi connectivity index (χ1v) is 8.34. The van der Waals surface area contributed by atoms with Crippen molar-refractivity contribution in [3.63, 3.8) is 0 Å². The van der Waals surface area contributed by atoms with Gasteiger partial charge in [0, 0.05) is 10.7 Å². The molecule has 0 unspecified atom stereocenters. The van der Waals surface area contributed by atoms with E-state index in [1.807, 2.05) is 6.07 Å². The van der Waals surface area contributed by atoms with E-state index in [0.717, 1.165) is 5.56 Å². The van der Waals surface area contributed by atoms with Gasteiger partial charge >= 0.3 is 0 Å². The van der Waals surface area contributed by atoms with E-state index in [-0.39, 0.29) is 5.69 Å². The van der Waals surface area contributed by atoms with E-state index in [0.29, 0.717) is 21.4 Å². The molecule has 0 bridgehead atoms. The fraction of sp³-hybridized carbons (Fsp3) is 0.111. The second-order valence-corrected chi connectivity index (χ2v) is 6.40. The Bertz CT molecular complexity index is 884. The third-order valence-corrected chi connectivity index (χ3v) is 4.27. The van der Waals surface area contributed by atoms with Gasteiger partial charge in [-0.05, 0) is 49.0 Å². The molecule has 0 saturated heterocycles. The molecule has 1 atom stereocenters. The molecule has 7 heteroatoms. The van der Waals surface area contributed by atoms with Crippen molar-refractivity contribution in [2.75, 3.05) is 5.32 Å². The molecule has 4 nitrogen and oxygen atoms in total. The Labute approximate surface area is 155 Å². The summed E-state index contributed by atoms with van der Waals surface area (Å²) in [6.07, 6.45) is 0. The van der Waals surface area contributed by atoms with E-state index in [2.05, 4.69) is 16.0 Å². The predicted octanol–water partition coefficient (Wildman–Crippen LogP) is 3.91. The monoisotopic (exact) mass is 375 g/mol. The number of allylic oxidation sites excluding steroid dienone is 1. The van der Waals surface area contributed by atoms with Crippen LogP contribution in [-0.4, -0.2) is 11.0 Å². The van der Waals surface area contributed by atoms with Gasteiger partial charge in [0.15, 0.2) is 5.11 Å². The molecule has 3 N–H and O–H groups in total. The summed E-state index contributed by atoms with van der Waals surface area (Å²) in [4.78, 5) is 12.8. The van der Waals surface area contributed by atoms with Crippen LogP contribution in [0.25, 0.3) is 0 Å². The molecule has 25 heavy (non-hydrogen) atoms. The van der Waals surface area contributed by atoms with Gasteiger partial charge in [-0.25, -0.2) is 4.39 Å². The SMILES string of the molecule is CC1=C(C(=O)Nc2ccccc2F)[C@@H](c2cccc(Cl)c2)NC(=S)N1. The van der Waals surface area contributed by atoms with Crippen LogP contribution in [0.1, 0.15) is 18.5 Å². The number of anilines is 1. The van der Waals surface area contributed by atoms with Crippen molar-refractivity contribution in [1.82, 2.24) is 10.6 Å². The van der Waals surface area contributed by atoms with Gasteiger partial charge in [0.1, 0.15) is 5.82 Å². The lowest BCUT2D eigenvalue weighted by atomic mass is 9.95. The second-order valence-electron chi connectivity index (χ2n) is 5.56. The van der Waals surface area contributed by atoms with Gasteiger partial charge in [-0.2, -0.15) is 0 Å². The van der Waals surface area contributed by atoms with Crippen LogP contribution in [0.2, 0.25) is 5.02 Å². The number of halogens is 2. The average Bonchev–Trinajstić information content (AvgIpc) is 2.56. The van der Waals surface area contributed by atoms with E-state index >= 15 is 0 Å². The zero-order valence-electron chi connectivity index (χ0n) is 13.3. The van der Waals surface area contributed by atoms with Crippen LogP contribution >= 0.6 is 23.8 Å². The summed E-state index contributed by atoms with van der Waals surface area (Å²) in [5.41, 5.74) is 1.92. The van der Waals surface area contributed by atoms with Gasteiger partial charge in [-0.3, -0.25) is 4.79 Å². The minimum atomic E-state index is -0.499. The largest absolute Gasteiger partial charge is 0.351 e. The normalized spacial score (nSPS) is 16.9. The van der Waals surface area contributed by atoms with Crippen LogP contribution in [0.15, 0.2) is 59.8 Å². The molecule has 1 aliphatic rings. The second kappa shape index (κ2) is 7.21. The minimum absolute atomic E-state index is 0.116. The standard InChI is InChI=1S/C18H15ClFN3OS/c1-10-15(17(24)22-14-8-3-2-7-13(14)20)16(23-18(25)21-10)11-5-4-6-12(19)9-11/h2-9,16H,1H3,(H,22,24)(H2,21,23,25)/t16-/m1/s1. The number of hydrogen-bond acceptors (Lipinski definition) is 2. The summed E-state index contributed by atoms with van der Waals surface area (Å²) in [6, 6.07) is 12.7. The number of para-hydroxylation sites is 1. The predicted molar refractivity (Wildman–Crippen MR) is 101 cm³/mol. The molecule has 128 valence electrons. The number of amides is 1. The number of thiocarbonyl (C=S) groups is 1. The molecule has 1 amide bonds. The Morgan fingerprint density at radius 3 is 2.72 bits per heavy atom. The first-order chi connectivity index (χ1) is 12.0. The molecule has 2 aromatic rings. The van der Waals surface area contributed by atoms with Gasteiger partial charge in [0.25, 0.3) is 5.91 Å². The maximum absolute atomic E-state index is 13.8. The van der Waals surface area contributed by atoms with Crippen molar-refractivity contribution in [1.29, 1.82) is 0 Å². The highest BCUT2D eigenvalue weighted by Crippen LogP contribution is 2.29. The van der Waals surface area contributed by atoms with Gasteiger partial charge in [-0.1, -0.05) is 35.9 Å². The molecule has 1 heterocycles. The van der Waals surface area contributed by atoms with Crippen LogP contribution in [0.3, 0.4) is 0 Å². The Kier molecular flexibility index (Phi) is 5.01. The van der Waals surface area contributed by atoms with Gasteiger partial charge in [-0.15, -0.1) is 0 Å². The first kappa shape index (κ1) is 17.4. The summed E-state index contributed by atoms with van der Waals surface area (Å²) < 4.78 is 13.8. The minimum Gasteiger partial charge on any atom is -0.351 e. The number of carbonyl (C=O) groups excluding carboxylic acids is 1. The van der Waals surface area contributed by atoms with Crippen LogP contribution in [-0.2, 0) is 4.79 Å². The summed E-state index contributed by atoms with van der Waals surface area (Å²) >= 11 is 11.3. The molecule has 2 aromatic carbocycles. The lowest BCUT2D eigenvalue weighted by Gasteiger charge is -2.30. The first-order valence-electron chi connectivity index (χ1n) is 7.55. The fourth-order valence-corrected chi connectivity index (χ4v) is 3.15. The summed E-state index contributed by atoms with van der Waals surface area (Å²) in [6.45, 7) is 1.75. The highest BCUT2D eigenvalue weighted by Gasteiger charge is 2.30. The van der Waals surface area contributed by atoms with Gasteiger partial charge in [0.05, 0.1) is 17.3 Å². The molecule has 0 aliphatic carbocycles. The van der Waals surface area contributed by atoms with Crippen molar-refractivity contribution in [3.8, 4) is 0 Å². The highest BCUT2D eigenvalue weighted by molar-refractivity contribution is 7.80. The lowest BCUT2D eigenvalue weighted by molar-refractivity contribution is -0.113. The van der Waals surface area contributed by atoms with Crippen LogP contribution in [0.5, 0.6) is 0 Å². The molecule has 3 rings (SSSR count). The van der Waals surface area contributed by atoms with E-state index in [9.17, 15) is 9.18 Å². The number of hydrogen-bond donors (Lipinski definition) is 3. The van der Waals surface area contributed by atoms with E-state index in [1.54, 1.807) is 37.3 Å². The Hall–Kier alpha value is -2.44. The average molecular weight is 376 g/mol. The molecule has 0 saturated carbocycles. The number of nitrogens with one attached hydrogen (secondary N) is 3. The van der Waals surface area contributed by atoms with Crippen molar-refractivity contribution >= 4 is 40.5 Å². The van der Waals surface area contributed by atoms with Crippen LogP contribution in [0.4, 0.5) is 10.1 Å². The molecule has 0 radical (unpaired) electrons. The smallest absolute Gasteiger partial charge is 0.255 e. The lowest BCUT2D eigenvalue weighted by Crippen LogP contribution is -2.45. The van der Waals surface area contributed by atoms with Crippen molar-refractivity contribution in [3.05, 3.63) is 76.2 Å². The van der Waals surface area contributed by atoms with Crippen molar-refractivity contribution in [2.45, 2.75) is 13.0 Å². The molecule has 1 aliphatic heterocycles. The maximum atomic E-state index is 13.8. The van der Waals surface area contributed by atoms with Crippen LogP contribution < -0.4 is 16.0 Å². The Balaban J connectivity index is 1.97. The Morgan fingerprint density at radius 2 is 2.00 bits per heavy atom. The molecular formula is C18H15ClFN3OS. The van der Waals surface area contributed by atoms with E-state index in [1.165, 1.54) is 12.1 Å². The van der Waals surface area contributed by atoms with Gasteiger partial charge < -0.3 is 16.0 Å². The number of carbonyl (C=O) groups is 1. The summed E-state index contributed by atoms with van der Waals surface area (Å²) in [5, 5.41) is 9.58. The van der Waals surface area contributed by atoms with Gasteiger partial charge in [0.2, 0.25) is 0 Å². The zero-order valence-corrected chi connectivity index (χ0v) is 14.8.